The maximum atomic E-state index is 13.5. The van der Waals surface area contributed by atoms with Crippen molar-refractivity contribution in [2.45, 2.75) is 19.3 Å². The molecule has 1 aliphatic rings. The number of nitriles is 1. The summed E-state index contributed by atoms with van der Waals surface area (Å²) in [6.07, 6.45) is 0.587. The van der Waals surface area contributed by atoms with Crippen LogP contribution >= 0.6 is 11.3 Å². The van der Waals surface area contributed by atoms with Gasteiger partial charge in [-0.15, -0.1) is 10.2 Å². The van der Waals surface area contributed by atoms with Crippen LogP contribution < -0.4 is 5.32 Å². The second kappa shape index (κ2) is 8.03. The fourth-order valence-corrected chi connectivity index (χ4v) is 5.10. The highest BCUT2D eigenvalue weighted by Gasteiger charge is 2.49. The van der Waals surface area contributed by atoms with Gasteiger partial charge >= 0.3 is 0 Å². The molecule has 1 aliphatic carbocycles. The number of fused-ring (bicyclic) bond motifs is 1. The van der Waals surface area contributed by atoms with E-state index >= 15 is 0 Å². The van der Waals surface area contributed by atoms with Crippen LogP contribution in [-0.4, -0.2) is 16.1 Å². The van der Waals surface area contributed by atoms with Crippen molar-refractivity contribution in [3.63, 3.8) is 0 Å². The molecule has 5 rings (SSSR count). The summed E-state index contributed by atoms with van der Waals surface area (Å²) < 4.78 is 0. The fraction of sp³-hybridized carbons (Fsp3) is 0.154. The SMILES string of the molecule is CC1(C(=O)Nc2nncs2)Cc2ccc(C#N)cc2C1c1ccc(-c2ccccc2)cc1. The highest BCUT2D eigenvalue weighted by atomic mass is 32.1. The summed E-state index contributed by atoms with van der Waals surface area (Å²) in [4.78, 5) is 13.5. The highest BCUT2D eigenvalue weighted by molar-refractivity contribution is 7.13. The maximum Gasteiger partial charge on any atom is 0.233 e. The molecule has 32 heavy (non-hydrogen) atoms. The predicted octanol–water partition coefficient (Wildman–Crippen LogP) is 5.41. The molecule has 3 aromatic carbocycles. The van der Waals surface area contributed by atoms with Crippen LogP contribution in [0, 0.1) is 16.7 Å². The molecule has 0 fully saturated rings. The maximum absolute atomic E-state index is 13.5. The second-order valence-corrected chi connectivity index (χ2v) is 9.07. The topological polar surface area (TPSA) is 78.7 Å². The van der Waals surface area contributed by atoms with Gasteiger partial charge in [0, 0.05) is 5.92 Å². The van der Waals surface area contributed by atoms with E-state index in [1.54, 1.807) is 5.51 Å². The molecule has 0 bridgehead atoms. The molecule has 0 saturated carbocycles. The van der Waals surface area contributed by atoms with Gasteiger partial charge in [-0.05, 0) is 53.3 Å². The first-order chi connectivity index (χ1) is 15.6. The summed E-state index contributed by atoms with van der Waals surface area (Å²) >= 11 is 1.30. The van der Waals surface area contributed by atoms with Gasteiger partial charge in [0.05, 0.1) is 17.0 Å². The Morgan fingerprint density at radius 1 is 1.09 bits per heavy atom. The number of carbonyl (C=O) groups is 1. The summed E-state index contributed by atoms with van der Waals surface area (Å²) in [6.45, 7) is 1.99. The van der Waals surface area contributed by atoms with Crippen molar-refractivity contribution < 1.29 is 4.79 Å². The van der Waals surface area contributed by atoms with E-state index in [0.29, 0.717) is 17.1 Å². The van der Waals surface area contributed by atoms with Crippen molar-refractivity contribution in [3.8, 4) is 17.2 Å². The van der Waals surface area contributed by atoms with Gasteiger partial charge in [0.1, 0.15) is 5.51 Å². The molecule has 156 valence electrons. The number of amides is 1. The minimum absolute atomic E-state index is 0.0962. The number of hydrogen-bond acceptors (Lipinski definition) is 5. The van der Waals surface area contributed by atoms with Gasteiger partial charge < -0.3 is 5.32 Å². The lowest BCUT2D eigenvalue weighted by molar-refractivity contribution is -0.125. The molecule has 6 heteroatoms. The van der Waals surface area contributed by atoms with E-state index in [4.69, 9.17) is 0 Å². The molecular formula is C26H20N4OS. The monoisotopic (exact) mass is 436 g/mol. The number of anilines is 1. The molecular weight excluding hydrogens is 416 g/mol. The molecule has 5 nitrogen and oxygen atoms in total. The molecule has 0 aliphatic heterocycles. The zero-order valence-electron chi connectivity index (χ0n) is 17.4. The first kappa shape index (κ1) is 20.1. The van der Waals surface area contributed by atoms with Crippen LogP contribution in [0.15, 0.2) is 78.3 Å². The van der Waals surface area contributed by atoms with E-state index in [2.05, 4.69) is 58.0 Å². The quantitative estimate of drug-likeness (QED) is 0.464. The van der Waals surface area contributed by atoms with Crippen molar-refractivity contribution >= 4 is 22.4 Å². The molecule has 0 radical (unpaired) electrons. The van der Waals surface area contributed by atoms with Gasteiger partial charge in [-0.1, -0.05) is 72.0 Å². The van der Waals surface area contributed by atoms with Gasteiger partial charge in [-0.2, -0.15) is 5.26 Å². The molecule has 1 amide bonds. The second-order valence-electron chi connectivity index (χ2n) is 8.24. The Hall–Kier alpha value is -3.82. The molecule has 0 saturated heterocycles. The van der Waals surface area contributed by atoms with Gasteiger partial charge in [-0.25, -0.2) is 0 Å². The largest absolute Gasteiger partial charge is 0.300 e. The number of aromatic nitrogens is 2. The number of hydrogen-bond donors (Lipinski definition) is 1. The van der Waals surface area contributed by atoms with Crippen molar-refractivity contribution in [2.75, 3.05) is 5.32 Å². The molecule has 2 atom stereocenters. The normalized spacial score (nSPS) is 19.2. The van der Waals surface area contributed by atoms with E-state index in [-0.39, 0.29) is 11.8 Å². The Labute approximate surface area is 190 Å². The Balaban J connectivity index is 1.57. The van der Waals surface area contributed by atoms with Gasteiger partial charge in [0.25, 0.3) is 0 Å². The smallest absolute Gasteiger partial charge is 0.233 e. The van der Waals surface area contributed by atoms with Crippen LogP contribution in [0.25, 0.3) is 11.1 Å². The molecule has 1 aromatic heterocycles. The van der Waals surface area contributed by atoms with Crippen molar-refractivity contribution in [1.82, 2.24) is 10.2 Å². The predicted molar refractivity (Wildman–Crippen MR) is 125 cm³/mol. The van der Waals surface area contributed by atoms with Crippen molar-refractivity contribution in [3.05, 3.63) is 101 Å². The first-order valence-electron chi connectivity index (χ1n) is 10.3. The molecule has 2 unspecified atom stereocenters. The minimum Gasteiger partial charge on any atom is -0.300 e. The van der Waals surface area contributed by atoms with E-state index < -0.39 is 5.41 Å². The van der Waals surface area contributed by atoms with Crippen LogP contribution in [0.1, 0.15) is 35.1 Å². The Bertz CT molecular complexity index is 1310. The summed E-state index contributed by atoms with van der Waals surface area (Å²) in [5.41, 5.74) is 6.92. The van der Waals surface area contributed by atoms with Crippen LogP contribution in [0.3, 0.4) is 0 Å². The molecule has 1 N–H and O–H groups in total. The molecule has 4 aromatic rings. The third-order valence-electron chi connectivity index (χ3n) is 6.23. The average molecular weight is 437 g/mol. The third kappa shape index (κ3) is 3.47. The lowest BCUT2D eigenvalue weighted by Crippen LogP contribution is -2.37. The highest BCUT2D eigenvalue weighted by Crippen LogP contribution is 2.51. The summed E-state index contributed by atoms with van der Waals surface area (Å²) in [6, 6.07) is 26.6. The van der Waals surface area contributed by atoms with Crippen LogP contribution in [0.2, 0.25) is 0 Å². The van der Waals surface area contributed by atoms with Gasteiger partial charge in [0.2, 0.25) is 11.0 Å². The zero-order valence-corrected chi connectivity index (χ0v) is 18.3. The number of benzene rings is 3. The van der Waals surface area contributed by atoms with E-state index in [1.165, 1.54) is 11.3 Å². The van der Waals surface area contributed by atoms with Gasteiger partial charge in [-0.3, -0.25) is 4.79 Å². The van der Waals surface area contributed by atoms with Crippen LogP contribution in [-0.2, 0) is 11.2 Å². The number of nitrogens with one attached hydrogen (secondary N) is 1. The van der Waals surface area contributed by atoms with Crippen molar-refractivity contribution in [2.24, 2.45) is 5.41 Å². The van der Waals surface area contributed by atoms with Crippen LogP contribution in [0.4, 0.5) is 5.13 Å². The fourth-order valence-electron chi connectivity index (χ4n) is 4.66. The van der Waals surface area contributed by atoms with Crippen molar-refractivity contribution in [1.29, 1.82) is 5.26 Å². The van der Waals surface area contributed by atoms with Crippen LogP contribution in [0.5, 0.6) is 0 Å². The van der Waals surface area contributed by atoms with E-state index in [0.717, 1.165) is 27.8 Å². The standard InChI is InChI=1S/C26H20N4OS/c1-26(24(31)29-25-30-28-16-32-25)14-21-8-7-17(15-27)13-22(21)23(26)20-11-9-19(10-12-20)18-5-3-2-4-6-18/h2-13,16,23H,14H2,1H3,(H,29,30,31). The lowest BCUT2D eigenvalue weighted by Gasteiger charge is -2.31. The van der Waals surface area contributed by atoms with Gasteiger partial charge in [0.15, 0.2) is 0 Å². The number of carbonyl (C=O) groups excluding carboxylic acids is 1. The number of rotatable bonds is 4. The Kier molecular flexibility index (Phi) is 5.04. The Morgan fingerprint density at radius 2 is 1.84 bits per heavy atom. The molecule has 1 heterocycles. The molecule has 0 spiro atoms. The summed E-state index contributed by atoms with van der Waals surface area (Å²) in [7, 11) is 0. The zero-order chi connectivity index (χ0) is 22.1. The third-order valence-corrected chi connectivity index (χ3v) is 6.84. The number of nitrogens with zero attached hydrogens (tertiary/aromatic N) is 3. The lowest BCUT2D eigenvalue weighted by atomic mass is 9.73. The summed E-state index contributed by atoms with van der Waals surface area (Å²) in [5, 5.41) is 20.7. The summed E-state index contributed by atoms with van der Waals surface area (Å²) in [5.74, 6) is -0.273. The van der Waals surface area contributed by atoms with E-state index in [1.807, 2.05) is 43.3 Å². The minimum atomic E-state index is -0.726. The average Bonchev–Trinajstić information content (AvgIpc) is 3.45. The first-order valence-corrected chi connectivity index (χ1v) is 11.2. The Morgan fingerprint density at radius 3 is 2.53 bits per heavy atom. The van der Waals surface area contributed by atoms with E-state index in [9.17, 15) is 10.1 Å².